The number of benzene rings is 1. The molecule has 1 N–H and O–H groups in total. The molecule has 6 nitrogen and oxygen atoms in total. The van der Waals surface area contributed by atoms with Gasteiger partial charge in [0.2, 0.25) is 5.95 Å². The molecule has 0 atom stereocenters. The Labute approximate surface area is 165 Å². The minimum absolute atomic E-state index is 0.628. The number of hydrogen-bond acceptors (Lipinski definition) is 6. The maximum Gasteiger partial charge on any atom is 0.225 e. The molecular weight excluding hydrogens is 348 g/mol. The number of nitrogens with one attached hydrogen (secondary N) is 1. The lowest BCUT2D eigenvalue weighted by Crippen LogP contribution is -2.47. The van der Waals surface area contributed by atoms with Gasteiger partial charge in [0.15, 0.2) is 0 Å². The van der Waals surface area contributed by atoms with Gasteiger partial charge < -0.3 is 15.1 Å². The minimum atomic E-state index is 0.628. The molecule has 0 unspecified atom stereocenters. The topological polar surface area (TPSA) is 57.2 Å². The molecule has 142 valence electrons. The summed E-state index contributed by atoms with van der Waals surface area (Å²) in [4.78, 5) is 18.5. The van der Waals surface area contributed by atoms with Crippen LogP contribution in [0.3, 0.4) is 0 Å². The number of hydrogen-bond donors (Lipinski definition) is 1. The molecule has 2 aromatic heterocycles. The second-order valence-corrected chi connectivity index (χ2v) is 6.63. The zero-order valence-corrected chi connectivity index (χ0v) is 15.8. The Morgan fingerprint density at radius 2 is 1.61 bits per heavy atom. The van der Waals surface area contributed by atoms with Crippen molar-refractivity contribution in [1.29, 1.82) is 0 Å². The standard InChI is InChI=1S/C22H24N6/c1-2-11-24-22-25-19(18-8-4-3-5-9-18)17-21(26-22)28-15-13-27(14-16-28)20-10-6-7-12-23-20/h2-10,12,17H,1,11,13-16H2,(H,24,25,26). The summed E-state index contributed by atoms with van der Waals surface area (Å²) in [5.74, 6) is 2.60. The third kappa shape index (κ3) is 4.11. The SMILES string of the molecule is C=CCNc1nc(-c2ccccc2)cc(N2CCN(c3ccccn3)CC2)n1. The molecule has 1 aliphatic heterocycles. The van der Waals surface area contributed by atoms with Gasteiger partial charge in [0.1, 0.15) is 11.6 Å². The summed E-state index contributed by atoms with van der Waals surface area (Å²) in [6.45, 7) is 8.01. The fourth-order valence-electron chi connectivity index (χ4n) is 3.30. The second-order valence-electron chi connectivity index (χ2n) is 6.63. The summed E-state index contributed by atoms with van der Waals surface area (Å²) < 4.78 is 0. The van der Waals surface area contributed by atoms with E-state index in [1.807, 2.05) is 42.6 Å². The van der Waals surface area contributed by atoms with Gasteiger partial charge in [0.25, 0.3) is 0 Å². The quantitative estimate of drug-likeness (QED) is 0.669. The number of piperazine rings is 1. The molecule has 0 aliphatic carbocycles. The van der Waals surface area contributed by atoms with E-state index in [9.17, 15) is 0 Å². The second kappa shape index (κ2) is 8.52. The molecule has 28 heavy (non-hydrogen) atoms. The van der Waals surface area contributed by atoms with Crippen molar-refractivity contribution >= 4 is 17.6 Å². The molecule has 1 aromatic carbocycles. The Morgan fingerprint density at radius 3 is 2.29 bits per heavy atom. The van der Waals surface area contributed by atoms with Gasteiger partial charge in [-0.15, -0.1) is 6.58 Å². The van der Waals surface area contributed by atoms with Crippen LogP contribution in [0.15, 0.2) is 73.4 Å². The largest absolute Gasteiger partial charge is 0.353 e. The first-order valence-electron chi connectivity index (χ1n) is 9.54. The van der Waals surface area contributed by atoms with E-state index < -0.39 is 0 Å². The molecule has 1 aliphatic rings. The predicted molar refractivity (Wildman–Crippen MR) is 115 cm³/mol. The lowest BCUT2D eigenvalue weighted by atomic mass is 10.1. The molecule has 3 heterocycles. The fraction of sp³-hybridized carbons (Fsp3) is 0.227. The maximum absolute atomic E-state index is 4.74. The van der Waals surface area contributed by atoms with Gasteiger partial charge in [-0.2, -0.15) is 4.98 Å². The Morgan fingerprint density at radius 1 is 0.893 bits per heavy atom. The van der Waals surface area contributed by atoms with Crippen molar-refractivity contribution in [3.8, 4) is 11.3 Å². The van der Waals surface area contributed by atoms with E-state index in [1.165, 1.54) is 0 Å². The zero-order valence-electron chi connectivity index (χ0n) is 15.8. The lowest BCUT2D eigenvalue weighted by molar-refractivity contribution is 0.641. The van der Waals surface area contributed by atoms with Gasteiger partial charge in [0, 0.05) is 50.6 Å². The van der Waals surface area contributed by atoms with Crippen molar-refractivity contribution < 1.29 is 0 Å². The van der Waals surface area contributed by atoms with Crippen molar-refractivity contribution in [3.05, 3.63) is 73.4 Å². The van der Waals surface area contributed by atoms with Crippen molar-refractivity contribution in [2.75, 3.05) is 47.8 Å². The van der Waals surface area contributed by atoms with Gasteiger partial charge in [-0.1, -0.05) is 42.5 Å². The first kappa shape index (κ1) is 18.0. The highest BCUT2D eigenvalue weighted by Gasteiger charge is 2.20. The third-order valence-electron chi connectivity index (χ3n) is 4.76. The monoisotopic (exact) mass is 372 g/mol. The highest BCUT2D eigenvalue weighted by atomic mass is 15.3. The van der Waals surface area contributed by atoms with Crippen LogP contribution < -0.4 is 15.1 Å². The molecule has 1 fully saturated rings. The molecule has 6 heteroatoms. The van der Waals surface area contributed by atoms with Crippen LogP contribution in [0.1, 0.15) is 0 Å². The van der Waals surface area contributed by atoms with E-state index in [0.717, 1.165) is 49.1 Å². The summed E-state index contributed by atoms with van der Waals surface area (Å²) in [5, 5.41) is 3.23. The maximum atomic E-state index is 4.74. The van der Waals surface area contributed by atoms with Crippen LogP contribution in [-0.2, 0) is 0 Å². The van der Waals surface area contributed by atoms with Gasteiger partial charge in [-0.25, -0.2) is 9.97 Å². The van der Waals surface area contributed by atoms with Crippen LogP contribution in [-0.4, -0.2) is 47.7 Å². The van der Waals surface area contributed by atoms with Gasteiger partial charge in [0.05, 0.1) is 5.69 Å². The highest BCUT2D eigenvalue weighted by molar-refractivity contribution is 5.65. The molecule has 0 amide bonds. The number of pyridine rings is 1. The van der Waals surface area contributed by atoms with Crippen LogP contribution in [0.5, 0.6) is 0 Å². The van der Waals surface area contributed by atoms with Crippen molar-refractivity contribution in [2.45, 2.75) is 0 Å². The number of rotatable bonds is 6. The van der Waals surface area contributed by atoms with Crippen LogP contribution in [0.2, 0.25) is 0 Å². The Hall–Kier alpha value is -3.41. The van der Waals surface area contributed by atoms with Crippen LogP contribution in [0.25, 0.3) is 11.3 Å². The molecule has 4 rings (SSSR count). The normalized spacial score (nSPS) is 14.0. The summed E-state index contributed by atoms with van der Waals surface area (Å²) in [6, 6.07) is 18.3. The summed E-state index contributed by atoms with van der Waals surface area (Å²) >= 11 is 0. The van der Waals surface area contributed by atoms with Gasteiger partial charge in [-0.3, -0.25) is 0 Å². The average molecular weight is 372 g/mol. The van der Waals surface area contributed by atoms with Gasteiger partial charge >= 0.3 is 0 Å². The van der Waals surface area contributed by atoms with Crippen molar-refractivity contribution in [1.82, 2.24) is 15.0 Å². The Balaban J connectivity index is 1.56. The molecule has 0 spiro atoms. The Kier molecular flexibility index (Phi) is 5.47. The van der Waals surface area contributed by atoms with E-state index in [4.69, 9.17) is 4.98 Å². The molecule has 0 bridgehead atoms. The first-order chi connectivity index (χ1) is 13.8. The van der Waals surface area contributed by atoms with E-state index in [2.05, 4.69) is 55.9 Å². The average Bonchev–Trinajstić information content (AvgIpc) is 2.79. The smallest absolute Gasteiger partial charge is 0.225 e. The van der Waals surface area contributed by atoms with Crippen molar-refractivity contribution in [2.24, 2.45) is 0 Å². The Bertz CT molecular complexity index is 905. The summed E-state index contributed by atoms with van der Waals surface area (Å²) in [6.07, 6.45) is 3.65. The van der Waals surface area contributed by atoms with E-state index in [-0.39, 0.29) is 0 Å². The number of aromatic nitrogens is 3. The molecule has 0 radical (unpaired) electrons. The molecule has 0 saturated carbocycles. The summed E-state index contributed by atoms with van der Waals surface area (Å²) in [5.41, 5.74) is 2.00. The fourth-order valence-corrected chi connectivity index (χ4v) is 3.30. The third-order valence-corrected chi connectivity index (χ3v) is 4.76. The lowest BCUT2D eigenvalue weighted by Gasteiger charge is -2.36. The first-order valence-corrected chi connectivity index (χ1v) is 9.54. The van der Waals surface area contributed by atoms with E-state index in [1.54, 1.807) is 0 Å². The highest BCUT2D eigenvalue weighted by Crippen LogP contribution is 2.25. The van der Waals surface area contributed by atoms with Crippen LogP contribution >= 0.6 is 0 Å². The number of nitrogens with zero attached hydrogens (tertiary/aromatic N) is 5. The predicted octanol–water partition coefficient (Wildman–Crippen LogP) is 3.46. The van der Waals surface area contributed by atoms with Crippen LogP contribution in [0.4, 0.5) is 17.6 Å². The number of anilines is 3. The molecule has 1 saturated heterocycles. The van der Waals surface area contributed by atoms with Crippen molar-refractivity contribution in [3.63, 3.8) is 0 Å². The van der Waals surface area contributed by atoms with E-state index in [0.29, 0.717) is 12.5 Å². The zero-order chi connectivity index (χ0) is 19.2. The molecule has 3 aromatic rings. The summed E-state index contributed by atoms with van der Waals surface area (Å²) in [7, 11) is 0. The van der Waals surface area contributed by atoms with E-state index >= 15 is 0 Å². The minimum Gasteiger partial charge on any atom is -0.353 e. The van der Waals surface area contributed by atoms with Gasteiger partial charge in [-0.05, 0) is 12.1 Å². The molecular formula is C22H24N6. The van der Waals surface area contributed by atoms with Crippen LogP contribution in [0, 0.1) is 0 Å².